The van der Waals surface area contributed by atoms with Crippen molar-refractivity contribution < 1.29 is 19.4 Å². The topological polar surface area (TPSA) is 66.8 Å². The number of hydrogen-bond acceptors (Lipinski definition) is 5. The van der Waals surface area contributed by atoms with Crippen molar-refractivity contribution in [1.29, 1.82) is 0 Å². The molecule has 5 nitrogen and oxygen atoms in total. The molecular formula is C14H11Br2NO4S2. The number of halogens is 2. The number of carbonyl (C=O) groups is 2. The van der Waals surface area contributed by atoms with Crippen LogP contribution in [0.4, 0.5) is 0 Å². The first-order valence-electron chi connectivity index (χ1n) is 6.42. The lowest BCUT2D eigenvalue weighted by Crippen LogP contribution is -2.27. The average Bonchev–Trinajstić information content (AvgIpc) is 2.71. The van der Waals surface area contributed by atoms with Crippen molar-refractivity contribution in [3.05, 3.63) is 31.5 Å². The number of aliphatic carboxylic acids is 1. The number of thioether (sulfide) groups is 1. The third-order valence-corrected chi connectivity index (χ3v) is 5.40. The van der Waals surface area contributed by atoms with Crippen LogP contribution in [-0.4, -0.2) is 39.4 Å². The number of hydrogen-bond donors (Lipinski definition) is 1. The fourth-order valence-electron chi connectivity index (χ4n) is 1.86. The Hall–Kier alpha value is -0.900. The summed E-state index contributed by atoms with van der Waals surface area (Å²) in [6.45, 7) is 1.97. The maximum atomic E-state index is 12.2. The molecule has 1 aliphatic rings. The van der Waals surface area contributed by atoms with Crippen molar-refractivity contribution in [2.75, 3.05) is 13.2 Å². The fourth-order valence-corrected chi connectivity index (χ4v) is 4.69. The van der Waals surface area contributed by atoms with E-state index >= 15 is 0 Å². The van der Waals surface area contributed by atoms with E-state index in [0.717, 1.165) is 5.56 Å². The fraction of sp³-hybridized carbons (Fsp3) is 0.214. The standard InChI is InChI=1S/C14H11Br2NO4S2/c1-2-17-13(20)10(23-14(17)22)5-7-3-8(15)12(9(16)4-7)21-6-11(18)19/h3-5H,2,6H2,1H3,(H,18,19)/b10-5-. The number of benzene rings is 1. The third-order valence-electron chi connectivity index (χ3n) is 2.85. The maximum Gasteiger partial charge on any atom is 0.341 e. The SMILES string of the molecule is CCN1C(=O)/C(=C/c2cc(Br)c(OCC(=O)O)c(Br)c2)SC1=S. The summed E-state index contributed by atoms with van der Waals surface area (Å²) in [6, 6.07) is 3.50. The molecule has 1 aromatic rings. The van der Waals surface area contributed by atoms with Crippen LogP contribution in [0.1, 0.15) is 12.5 Å². The van der Waals surface area contributed by atoms with Gasteiger partial charge in [-0.1, -0.05) is 24.0 Å². The molecule has 0 atom stereocenters. The molecule has 0 unspecified atom stereocenters. The van der Waals surface area contributed by atoms with E-state index in [0.29, 0.717) is 30.5 Å². The smallest absolute Gasteiger partial charge is 0.341 e. The molecule has 2 rings (SSSR count). The van der Waals surface area contributed by atoms with Gasteiger partial charge in [-0.3, -0.25) is 9.69 Å². The molecule has 1 N–H and O–H groups in total. The largest absolute Gasteiger partial charge is 0.480 e. The number of amides is 1. The van der Waals surface area contributed by atoms with Crippen LogP contribution in [0, 0.1) is 0 Å². The average molecular weight is 481 g/mol. The van der Waals surface area contributed by atoms with E-state index in [9.17, 15) is 9.59 Å². The van der Waals surface area contributed by atoms with Gasteiger partial charge < -0.3 is 9.84 Å². The van der Waals surface area contributed by atoms with Crippen molar-refractivity contribution in [3.63, 3.8) is 0 Å². The summed E-state index contributed by atoms with van der Waals surface area (Å²) >= 11 is 13.1. The van der Waals surface area contributed by atoms with Crippen LogP contribution in [0.5, 0.6) is 5.75 Å². The Kier molecular flexibility index (Phi) is 6.24. The molecule has 1 aliphatic heterocycles. The van der Waals surface area contributed by atoms with Crippen LogP contribution in [0.2, 0.25) is 0 Å². The first-order chi connectivity index (χ1) is 10.8. The Bertz CT molecular complexity index is 698. The van der Waals surface area contributed by atoms with Crippen molar-refractivity contribution in [1.82, 2.24) is 4.90 Å². The van der Waals surface area contributed by atoms with Gasteiger partial charge in [0.15, 0.2) is 6.61 Å². The number of rotatable bonds is 5. The van der Waals surface area contributed by atoms with Gasteiger partial charge in [-0.15, -0.1) is 0 Å². The van der Waals surface area contributed by atoms with E-state index < -0.39 is 12.6 Å². The zero-order chi connectivity index (χ0) is 17.1. The van der Waals surface area contributed by atoms with Gasteiger partial charge >= 0.3 is 5.97 Å². The predicted molar refractivity (Wildman–Crippen MR) is 101 cm³/mol. The molecule has 1 amide bonds. The monoisotopic (exact) mass is 479 g/mol. The number of carbonyl (C=O) groups excluding carboxylic acids is 1. The molecule has 122 valence electrons. The molecule has 1 saturated heterocycles. The quantitative estimate of drug-likeness (QED) is 0.509. The second kappa shape index (κ2) is 7.78. The minimum atomic E-state index is -1.06. The highest BCUT2D eigenvalue weighted by molar-refractivity contribution is 9.11. The highest BCUT2D eigenvalue weighted by Crippen LogP contribution is 2.37. The zero-order valence-corrected chi connectivity index (χ0v) is 16.6. The molecule has 0 aromatic heterocycles. The summed E-state index contributed by atoms with van der Waals surface area (Å²) in [5.41, 5.74) is 0.767. The molecule has 0 bridgehead atoms. The minimum absolute atomic E-state index is 0.110. The molecule has 0 aliphatic carbocycles. The summed E-state index contributed by atoms with van der Waals surface area (Å²) in [7, 11) is 0. The Morgan fingerprint density at radius 2 is 2.04 bits per heavy atom. The molecule has 1 fully saturated rings. The molecule has 9 heteroatoms. The van der Waals surface area contributed by atoms with E-state index in [1.807, 2.05) is 6.92 Å². The lowest BCUT2D eigenvalue weighted by molar-refractivity contribution is -0.139. The number of nitrogens with zero attached hydrogens (tertiary/aromatic N) is 1. The van der Waals surface area contributed by atoms with Crippen molar-refractivity contribution in [2.45, 2.75) is 6.92 Å². The van der Waals surface area contributed by atoms with Crippen LogP contribution >= 0.6 is 55.8 Å². The summed E-state index contributed by atoms with van der Waals surface area (Å²) in [5.74, 6) is -0.775. The van der Waals surface area contributed by atoms with Gasteiger partial charge in [0.25, 0.3) is 5.91 Å². The summed E-state index contributed by atoms with van der Waals surface area (Å²) in [6.07, 6.45) is 1.74. The Morgan fingerprint density at radius 1 is 1.43 bits per heavy atom. The highest BCUT2D eigenvalue weighted by atomic mass is 79.9. The number of carboxylic acids is 1. The van der Waals surface area contributed by atoms with E-state index in [1.165, 1.54) is 11.8 Å². The molecule has 1 heterocycles. The molecular weight excluding hydrogens is 470 g/mol. The summed E-state index contributed by atoms with van der Waals surface area (Å²) in [4.78, 5) is 24.9. The van der Waals surface area contributed by atoms with Gasteiger partial charge in [-0.2, -0.15) is 0 Å². The van der Waals surface area contributed by atoms with E-state index in [4.69, 9.17) is 22.1 Å². The Labute approximate surface area is 159 Å². The summed E-state index contributed by atoms with van der Waals surface area (Å²) in [5, 5.41) is 8.68. The zero-order valence-electron chi connectivity index (χ0n) is 11.8. The van der Waals surface area contributed by atoms with Crippen LogP contribution in [0.15, 0.2) is 26.0 Å². The van der Waals surface area contributed by atoms with E-state index in [-0.39, 0.29) is 5.91 Å². The van der Waals surface area contributed by atoms with Gasteiger partial charge in [-0.05, 0) is 62.6 Å². The van der Waals surface area contributed by atoms with Gasteiger partial charge in [0.05, 0.1) is 13.9 Å². The van der Waals surface area contributed by atoms with Gasteiger partial charge in [-0.25, -0.2) is 4.79 Å². The predicted octanol–water partition coefficient (Wildman–Crippen LogP) is 3.90. The molecule has 23 heavy (non-hydrogen) atoms. The van der Waals surface area contributed by atoms with E-state index in [2.05, 4.69) is 31.9 Å². The van der Waals surface area contributed by atoms with Crippen LogP contribution in [0.3, 0.4) is 0 Å². The molecule has 0 saturated carbocycles. The first kappa shape index (κ1) is 18.4. The van der Waals surface area contributed by atoms with Gasteiger partial charge in [0, 0.05) is 6.54 Å². The number of likely N-dealkylation sites (N-methyl/N-ethyl adjacent to an activating group) is 1. The molecule has 1 aromatic carbocycles. The Balaban J connectivity index is 2.28. The summed E-state index contributed by atoms with van der Waals surface area (Å²) < 4.78 is 6.93. The van der Waals surface area contributed by atoms with Crippen LogP contribution < -0.4 is 4.74 Å². The third kappa shape index (κ3) is 4.34. The first-order valence-corrected chi connectivity index (χ1v) is 9.23. The maximum absolute atomic E-state index is 12.2. The molecule has 0 spiro atoms. The number of thiocarbonyl (C=S) groups is 1. The minimum Gasteiger partial charge on any atom is -0.480 e. The lowest BCUT2D eigenvalue weighted by Gasteiger charge is -2.10. The van der Waals surface area contributed by atoms with Crippen molar-refractivity contribution >= 4 is 78.1 Å². The van der Waals surface area contributed by atoms with Crippen LogP contribution in [0.25, 0.3) is 6.08 Å². The Morgan fingerprint density at radius 3 is 2.52 bits per heavy atom. The number of carboxylic acid groups (broad SMARTS) is 1. The van der Waals surface area contributed by atoms with Gasteiger partial charge in [0.1, 0.15) is 10.1 Å². The van der Waals surface area contributed by atoms with Crippen molar-refractivity contribution in [3.8, 4) is 5.75 Å². The molecule has 0 radical (unpaired) electrons. The van der Waals surface area contributed by atoms with Crippen LogP contribution in [-0.2, 0) is 9.59 Å². The number of ether oxygens (including phenoxy) is 1. The lowest BCUT2D eigenvalue weighted by atomic mass is 10.2. The van der Waals surface area contributed by atoms with Crippen molar-refractivity contribution in [2.24, 2.45) is 0 Å². The second-order valence-electron chi connectivity index (χ2n) is 4.42. The van der Waals surface area contributed by atoms with E-state index in [1.54, 1.807) is 23.1 Å². The highest BCUT2D eigenvalue weighted by Gasteiger charge is 2.30. The second-order valence-corrected chi connectivity index (χ2v) is 7.81. The normalized spacial score (nSPS) is 16.3. The van der Waals surface area contributed by atoms with Gasteiger partial charge in [0.2, 0.25) is 0 Å².